The first kappa shape index (κ1) is 20.2. The third-order valence-electron chi connectivity index (χ3n) is 4.60. The molecule has 6 nitrogen and oxygen atoms in total. The van der Waals surface area contributed by atoms with Crippen LogP contribution in [0, 0.1) is 5.82 Å². The van der Waals surface area contributed by atoms with Gasteiger partial charge in [0.1, 0.15) is 12.4 Å². The fraction of sp³-hybridized carbons (Fsp3) is 0.143. The molecule has 1 fully saturated rings. The third-order valence-corrected chi connectivity index (χ3v) is 5.97. The number of hydrogen-bond donors (Lipinski definition) is 0. The van der Waals surface area contributed by atoms with Gasteiger partial charge in [-0.25, -0.2) is 4.39 Å². The van der Waals surface area contributed by atoms with E-state index in [9.17, 15) is 18.8 Å². The maximum Gasteiger partial charge on any atom is 0.326 e. The molecule has 30 heavy (non-hydrogen) atoms. The summed E-state index contributed by atoms with van der Waals surface area (Å²) in [5, 5.41) is 0. The first-order valence-corrected chi connectivity index (χ1v) is 10.3. The molecular weight excluding hydrogens is 427 g/mol. The van der Waals surface area contributed by atoms with Gasteiger partial charge in [0, 0.05) is 5.56 Å². The van der Waals surface area contributed by atoms with Crippen LogP contribution in [0.15, 0.2) is 53.4 Å². The van der Waals surface area contributed by atoms with Crippen molar-refractivity contribution < 1.29 is 23.5 Å². The molecule has 0 aromatic heterocycles. The van der Waals surface area contributed by atoms with Gasteiger partial charge in [0.15, 0.2) is 4.32 Å². The summed E-state index contributed by atoms with van der Waals surface area (Å²) in [5.74, 6) is -1.91. The van der Waals surface area contributed by atoms with E-state index < -0.39 is 23.6 Å². The van der Waals surface area contributed by atoms with Gasteiger partial charge in [0.05, 0.1) is 28.5 Å². The quantitative estimate of drug-likeness (QED) is 0.410. The molecule has 2 heterocycles. The Bertz CT molecular complexity index is 1110. The molecule has 0 atom stereocenters. The molecule has 2 aromatic carbocycles. The maximum absolute atomic E-state index is 13.3. The van der Waals surface area contributed by atoms with Crippen molar-refractivity contribution in [3.05, 3.63) is 64.8 Å². The van der Waals surface area contributed by atoms with Crippen molar-refractivity contribution in [2.45, 2.75) is 6.92 Å². The Morgan fingerprint density at radius 3 is 2.50 bits per heavy atom. The highest BCUT2D eigenvalue weighted by Crippen LogP contribution is 2.45. The SMILES string of the molecule is CCOC(=O)CN1C(=O)C(=C2SC(=S)N(c3ccc(F)cc3)C2=O)c2ccccc21. The number of nitrogens with zero attached hydrogens (tertiary/aromatic N) is 2. The van der Waals surface area contributed by atoms with Crippen LogP contribution in [-0.4, -0.2) is 35.3 Å². The number of anilines is 2. The smallest absolute Gasteiger partial charge is 0.326 e. The van der Waals surface area contributed by atoms with Crippen molar-refractivity contribution in [1.82, 2.24) is 0 Å². The van der Waals surface area contributed by atoms with E-state index in [2.05, 4.69) is 0 Å². The van der Waals surface area contributed by atoms with Gasteiger partial charge in [-0.3, -0.25) is 24.2 Å². The highest BCUT2D eigenvalue weighted by molar-refractivity contribution is 8.27. The van der Waals surface area contributed by atoms with E-state index in [-0.39, 0.29) is 28.0 Å². The van der Waals surface area contributed by atoms with Gasteiger partial charge in [-0.15, -0.1) is 0 Å². The minimum Gasteiger partial charge on any atom is -0.465 e. The number of thiocarbonyl (C=S) groups is 1. The Morgan fingerprint density at radius 2 is 1.80 bits per heavy atom. The van der Waals surface area contributed by atoms with Gasteiger partial charge < -0.3 is 4.74 Å². The van der Waals surface area contributed by atoms with Crippen LogP contribution in [0.2, 0.25) is 0 Å². The van der Waals surface area contributed by atoms with Gasteiger partial charge in [0.2, 0.25) is 0 Å². The van der Waals surface area contributed by atoms with Crippen LogP contribution in [0.3, 0.4) is 0 Å². The number of fused-ring (bicyclic) bond motifs is 1. The molecule has 2 aliphatic rings. The first-order valence-electron chi connectivity index (χ1n) is 9.05. The summed E-state index contributed by atoms with van der Waals surface area (Å²) in [5.41, 5.74) is 1.68. The number of benzene rings is 2. The number of carbonyl (C=O) groups excluding carboxylic acids is 3. The van der Waals surface area contributed by atoms with Gasteiger partial charge in [-0.1, -0.05) is 42.2 Å². The van der Waals surface area contributed by atoms with Crippen molar-refractivity contribution in [2.75, 3.05) is 23.0 Å². The van der Waals surface area contributed by atoms with E-state index in [4.69, 9.17) is 17.0 Å². The van der Waals surface area contributed by atoms with Gasteiger partial charge in [0.25, 0.3) is 11.8 Å². The fourth-order valence-corrected chi connectivity index (χ4v) is 4.69. The van der Waals surface area contributed by atoms with Crippen molar-refractivity contribution in [3.63, 3.8) is 0 Å². The van der Waals surface area contributed by atoms with Crippen LogP contribution in [0.25, 0.3) is 5.57 Å². The standard InChI is InChI=1S/C21H15FN2O4S2/c1-2-28-16(25)11-23-15-6-4-3-5-14(15)17(19(23)26)18-20(27)24(21(29)30-18)13-9-7-12(22)8-10-13/h3-10H,2,11H2,1H3. The summed E-state index contributed by atoms with van der Waals surface area (Å²) in [6, 6.07) is 12.3. The minimum atomic E-state index is -0.541. The number of esters is 1. The Balaban J connectivity index is 1.76. The van der Waals surface area contributed by atoms with Crippen LogP contribution in [0.1, 0.15) is 12.5 Å². The van der Waals surface area contributed by atoms with E-state index in [0.717, 1.165) is 11.8 Å². The molecular formula is C21H15FN2O4S2. The molecule has 1 saturated heterocycles. The number of carbonyl (C=O) groups is 3. The molecule has 0 unspecified atom stereocenters. The number of amides is 2. The topological polar surface area (TPSA) is 66.9 Å². The molecule has 4 rings (SSSR count). The summed E-state index contributed by atoms with van der Waals surface area (Å²) < 4.78 is 18.5. The first-order chi connectivity index (χ1) is 14.4. The summed E-state index contributed by atoms with van der Waals surface area (Å²) in [7, 11) is 0. The van der Waals surface area contributed by atoms with Crippen molar-refractivity contribution in [3.8, 4) is 0 Å². The lowest BCUT2D eigenvalue weighted by Crippen LogP contribution is -2.34. The average Bonchev–Trinajstić information content (AvgIpc) is 3.16. The average molecular weight is 442 g/mol. The molecule has 0 bridgehead atoms. The van der Waals surface area contributed by atoms with Gasteiger partial charge in [-0.2, -0.15) is 0 Å². The molecule has 2 amide bonds. The molecule has 152 valence electrons. The number of hydrogen-bond acceptors (Lipinski definition) is 6. The second-order valence-corrected chi connectivity index (χ2v) is 8.05. The molecule has 0 radical (unpaired) electrons. The Morgan fingerprint density at radius 1 is 1.10 bits per heavy atom. The summed E-state index contributed by atoms with van der Waals surface area (Å²) in [6.07, 6.45) is 0. The van der Waals surface area contributed by atoms with Crippen molar-refractivity contribution in [2.24, 2.45) is 0 Å². The lowest BCUT2D eigenvalue weighted by atomic mass is 10.1. The monoisotopic (exact) mass is 442 g/mol. The van der Waals surface area contributed by atoms with E-state index >= 15 is 0 Å². The Hall–Kier alpha value is -3.04. The van der Waals surface area contributed by atoms with E-state index in [0.29, 0.717) is 16.9 Å². The van der Waals surface area contributed by atoms with E-state index in [1.54, 1.807) is 31.2 Å². The largest absolute Gasteiger partial charge is 0.465 e. The van der Waals surface area contributed by atoms with E-state index in [1.165, 1.54) is 34.1 Å². The van der Waals surface area contributed by atoms with Gasteiger partial charge in [-0.05, 0) is 37.3 Å². The number of ether oxygens (including phenoxy) is 1. The summed E-state index contributed by atoms with van der Waals surface area (Å²) in [4.78, 5) is 41.1. The van der Waals surface area contributed by atoms with E-state index in [1.807, 2.05) is 0 Å². The zero-order valence-electron chi connectivity index (χ0n) is 15.8. The van der Waals surface area contributed by atoms with Crippen LogP contribution < -0.4 is 9.80 Å². The molecule has 0 N–H and O–H groups in total. The minimum absolute atomic E-state index is 0.174. The summed E-state index contributed by atoms with van der Waals surface area (Å²) in [6.45, 7) is 1.63. The molecule has 2 aliphatic heterocycles. The zero-order valence-corrected chi connectivity index (χ0v) is 17.4. The summed E-state index contributed by atoms with van der Waals surface area (Å²) >= 11 is 6.36. The number of para-hydroxylation sites is 1. The lowest BCUT2D eigenvalue weighted by Gasteiger charge is -2.15. The van der Waals surface area contributed by atoms with Crippen molar-refractivity contribution in [1.29, 1.82) is 0 Å². The third kappa shape index (κ3) is 3.40. The maximum atomic E-state index is 13.3. The highest BCUT2D eigenvalue weighted by atomic mass is 32.2. The molecule has 0 spiro atoms. The predicted octanol–water partition coefficient (Wildman–Crippen LogP) is 3.51. The zero-order chi connectivity index (χ0) is 21.4. The normalized spacial score (nSPS) is 18.3. The fourth-order valence-electron chi connectivity index (χ4n) is 3.32. The van der Waals surface area contributed by atoms with Crippen LogP contribution in [0.5, 0.6) is 0 Å². The number of rotatable bonds is 4. The van der Waals surface area contributed by atoms with Gasteiger partial charge >= 0.3 is 5.97 Å². The van der Waals surface area contributed by atoms with Crippen LogP contribution in [-0.2, 0) is 19.1 Å². The molecule has 0 saturated carbocycles. The lowest BCUT2D eigenvalue weighted by molar-refractivity contribution is -0.142. The Kier molecular flexibility index (Phi) is 5.40. The van der Waals surface area contributed by atoms with Crippen LogP contribution >= 0.6 is 24.0 Å². The number of halogens is 1. The van der Waals surface area contributed by atoms with Crippen LogP contribution in [0.4, 0.5) is 15.8 Å². The second-order valence-electron chi connectivity index (χ2n) is 6.40. The second kappa shape index (κ2) is 8.00. The molecule has 0 aliphatic carbocycles. The highest BCUT2D eigenvalue weighted by Gasteiger charge is 2.43. The number of thioether (sulfide) groups is 1. The predicted molar refractivity (Wildman–Crippen MR) is 116 cm³/mol. The molecule has 9 heteroatoms. The molecule has 2 aromatic rings. The Labute approximate surface area is 181 Å². The van der Waals surface area contributed by atoms with Crippen molar-refractivity contribution >= 4 is 63.0 Å².